The predicted molar refractivity (Wildman–Crippen MR) is 78.9 cm³/mol. The average molecular weight is 395 g/mol. The number of carbonyl (C=O) groups is 1. The summed E-state index contributed by atoms with van der Waals surface area (Å²) in [4.78, 5) is 15.5. The van der Waals surface area contributed by atoms with Crippen molar-refractivity contribution in [2.45, 2.75) is 18.4 Å². The van der Waals surface area contributed by atoms with Crippen LogP contribution < -0.4 is 0 Å². The van der Waals surface area contributed by atoms with E-state index in [1.165, 1.54) is 18.4 Å². The lowest BCUT2D eigenvalue weighted by molar-refractivity contribution is 0.0661. The van der Waals surface area contributed by atoms with Crippen LogP contribution in [0.5, 0.6) is 0 Å². The van der Waals surface area contributed by atoms with Gasteiger partial charge >= 0.3 is 5.97 Å². The molecular weight excluding hydrogens is 384 g/mol. The first kappa shape index (κ1) is 16.1. The van der Waals surface area contributed by atoms with E-state index in [0.717, 1.165) is 20.9 Å². The summed E-state index contributed by atoms with van der Waals surface area (Å²) in [5, 5.41) is 8.84. The zero-order chi connectivity index (χ0) is 15.8. The number of aryl methyl sites for hydroxylation is 1. The third-order valence-electron chi connectivity index (χ3n) is 2.77. The molecule has 2 aromatic rings. The Morgan fingerprint density at radius 2 is 2.24 bits per heavy atom. The average Bonchev–Trinajstić information content (AvgIpc) is 2.96. The Labute approximate surface area is 133 Å². The molecule has 10 heteroatoms. The van der Waals surface area contributed by atoms with Gasteiger partial charge in [0.25, 0.3) is 0 Å². The zero-order valence-corrected chi connectivity index (χ0v) is 14.2. The highest BCUT2D eigenvalue weighted by atomic mass is 79.9. The molecule has 0 aliphatic rings. The molecule has 2 rings (SSSR count). The molecule has 0 amide bonds. The molecule has 0 aliphatic heterocycles. The normalized spacial score (nSPS) is 12.0. The van der Waals surface area contributed by atoms with Crippen molar-refractivity contribution in [1.29, 1.82) is 0 Å². The van der Waals surface area contributed by atoms with Gasteiger partial charge in [0.1, 0.15) is 4.90 Å². The summed E-state index contributed by atoms with van der Waals surface area (Å²) in [6.45, 7) is 1.95. The summed E-state index contributed by atoms with van der Waals surface area (Å²) in [6, 6.07) is 0.984. The number of carboxylic acid groups (broad SMARTS) is 1. The van der Waals surface area contributed by atoms with E-state index in [1.54, 1.807) is 12.4 Å². The minimum atomic E-state index is -3.87. The zero-order valence-electron chi connectivity index (χ0n) is 11.0. The summed E-state index contributed by atoms with van der Waals surface area (Å²) in [7, 11) is -2.46. The Bertz CT molecular complexity index is 780. The monoisotopic (exact) mass is 394 g/mol. The van der Waals surface area contributed by atoms with E-state index in [2.05, 4.69) is 20.9 Å². The van der Waals surface area contributed by atoms with E-state index in [-0.39, 0.29) is 16.1 Å². The van der Waals surface area contributed by atoms with E-state index < -0.39 is 21.8 Å². The summed E-state index contributed by atoms with van der Waals surface area (Å²) in [5.74, 6) is -1.78. The molecular formula is C11H11BrN2O5S2. The molecule has 0 atom stereocenters. The highest BCUT2D eigenvalue weighted by molar-refractivity contribution is 9.10. The predicted octanol–water partition coefficient (Wildman–Crippen LogP) is 2.33. The number of furan rings is 1. The maximum Gasteiger partial charge on any atom is 0.371 e. The lowest BCUT2D eigenvalue weighted by Crippen LogP contribution is -2.26. The summed E-state index contributed by atoms with van der Waals surface area (Å²) < 4.78 is 30.8. The van der Waals surface area contributed by atoms with Crippen molar-refractivity contribution < 1.29 is 22.7 Å². The molecule has 0 bridgehead atoms. The standard InChI is InChI=1S/C11H11BrN2O5S2/c1-6-8(20-5-13-6)4-14(2)21(17,18)9-3-7(11(15)16)19-10(9)12/h3,5H,4H2,1-2H3,(H,15,16). The van der Waals surface area contributed by atoms with Crippen LogP contribution in [0.15, 0.2) is 25.6 Å². The SMILES string of the molecule is Cc1ncsc1CN(C)S(=O)(=O)c1cc(C(=O)O)oc1Br. The number of rotatable bonds is 5. The van der Waals surface area contributed by atoms with Crippen LogP contribution in [-0.4, -0.2) is 35.8 Å². The second kappa shape index (κ2) is 5.87. The summed E-state index contributed by atoms with van der Waals surface area (Å²) in [6.07, 6.45) is 0. The van der Waals surface area contributed by atoms with Gasteiger partial charge in [0.05, 0.1) is 11.2 Å². The minimum absolute atomic E-state index is 0.132. The molecule has 0 saturated carbocycles. The van der Waals surface area contributed by atoms with Crippen molar-refractivity contribution in [3.8, 4) is 0 Å². The molecule has 0 radical (unpaired) electrons. The molecule has 0 spiro atoms. The first-order valence-corrected chi connectivity index (χ1v) is 8.72. The van der Waals surface area contributed by atoms with Gasteiger partial charge < -0.3 is 9.52 Å². The Kier molecular flexibility index (Phi) is 4.51. The van der Waals surface area contributed by atoms with Crippen molar-refractivity contribution >= 4 is 43.3 Å². The van der Waals surface area contributed by atoms with Crippen molar-refractivity contribution in [1.82, 2.24) is 9.29 Å². The quantitative estimate of drug-likeness (QED) is 0.834. The van der Waals surface area contributed by atoms with E-state index in [0.29, 0.717) is 0 Å². The molecule has 2 heterocycles. The molecule has 0 fully saturated rings. The maximum absolute atomic E-state index is 12.5. The van der Waals surface area contributed by atoms with E-state index in [1.807, 2.05) is 0 Å². The summed E-state index contributed by atoms with van der Waals surface area (Å²) in [5.41, 5.74) is 2.40. The van der Waals surface area contributed by atoms with Crippen LogP contribution in [0.25, 0.3) is 0 Å². The third kappa shape index (κ3) is 3.18. The van der Waals surface area contributed by atoms with Gasteiger partial charge in [0.15, 0.2) is 4.67 Å². The number of aromatic carboxylic acids is 1. The van der Waals surface area contributed by atoms with Gasteiger partial charge in [-0.15, -0.1) is 11.3 Å². The number of halogens is 1. The number of carboxylic acids is 1. The van der Waals surface area contributed by atoms with Crippen molar-refractivity contribution in [3.05, 3.63) is 32.6 Å². The van der Waals surface area contributed by atoms with Crippen molar-refractivity contribution in [2.75, 3.05) is 7.05 Å². The molecule has 0 unspecified atom stereocenters. The highest BCUT2D eigenvalue weighted by Crippen LogP contribution is 2.29. The highest BCUT2D eigenvalue weighted by Gasteiger charge is 2.29. The second-order valence-corrected chi connectivity index (χ2v) is 7.85. The Morgan fingerprint density at radius 1 is 1.57 bits per heavy atom. The van der Waals surface area contributed by atoms with Gasteiger partial charge in [-0.05, 0) is 22.9 Å². The maximum atomic E-state index is 12.5. The van der Waals surface area contributed by atoms with Crippen LogP contribution in [0.2, 0.25) is 0 Å². The van der Waals surface area contributed by atoms with Gasteiger partial charge in [0.2, 0.25) is 15.8 Å². The molecule has 21 heavy (non-hydrogen) atoms. The van der Waals surface area contributed by atoms with Gasteiger partial charge in [-0.2, -0.15) is 4.31 Å². The van der Waals surface area contributed by atoms with Gasteiger partial charge in [-0.25, -0.2) is 18.2 Å². The molecule has 7 nitrogen and oxygen atoms in total. The Balaban J connectivity index is 2.33. The van der Waals surface area contributed by atoms with Crippen LogP contribution in [0.4, 0.5) is 0 Å². The lowest BCUT2D eigenvalue weighted by Gasteiger charge is -2.15. The lowest BCUT2D eigenvalue weighted by atomic mass is 10.4. The molecule has 2 aromatic heterocycles. The fourth-order valence-corrected chi connectivity index (χ4v) is 4.52. The van der Waals surface area contributed by atoms with Crippen molar-refractivity contribution in [3.63, 3.8) is 0 Å². The largest absolute Gasteiger partial charge is 0.475 e. The van der Waals surface area contributed by atoms with E-state index in [4.69, 9.17) is 9.52 Å². The van der Waals surface area contributed by atoms with Crippen LogP contribution in [0, 0.1) is 6.92 Å². The summed E-state index contributed by atoms with van der Waals surface area (Å²) >= 11 is 4.29. The molecule has 0 aliphatic carbocycles. The Hall–Kier alpha value is -1.23. The topological polar surface area (TPSA) is 101 Å². The Morgan fingerprint density at radius 3 is 2.71 bits per heavy atom. The number of sulfonamides is 1. The fourth-order valence-electron chi connectivity index (χ4n) is 1.57. The minimum Gasteiger partial charge on any atom is -0.475 e. The van der Waals surface area contributed by atoms with Crippen LogP contribution in [0.1, 0.15) is 21.1 Å². The van der Waals surface area contributed by atoms with Gasteiger partial charge in [-0.1, -0.05) is 0 Å². The number of nitrogens with zero attached hydrogens (tertiary/aromatic N) is 2. The first-order chi connectivity index (χ1) is 9.73. The fraction of sp³-hybridized carbons (Fsp3) is 0.273. The molecule has 1 N–H and O–H groups in total. The van der Waals surface area contributed by atoms with Gasteiger partial charge in [0, 0.05) is 24.5 Å². The van der Waals surface area contributed by atoms with E-state index >= 15 is 0 Å². The second-order valence-electron chi connectivity index (χ2n) is 4.18. The van der Waals surface area contributed by atoms with Crippen molar-refractivity contribution in [2.24, 2.45) is 0 Å². The number of hydrogen-bond donors (Lipinski definition) is 1. The van der Waals surface area contributed by atoms with Gasteiger partial charge in [-0.3, -0.25) is 0 Å². The number of aromatic nitrogens is 1. The molecule has 114 valence electrons. The van der Waals surface area contributed by atoms with Crippen LogP contribution in [0.3, 0.4) is 0 Å². The first-order valence-electron chi connectivity index (χ1n) is 5.61. The van der Waals surface area contributed by atoms with Crippen LogP contribution >= 0.6 is 27.3 Å². The van der Waals surface area contributed by atoms with Crippen LogP contribution in [-0.2, 0) is 16.6 Å². The third-order valence-corrected chi connectivity index (χ3v) is 6.35. The smallest absolute Gasteiger partial charge is 0.371 e. The molecule has 0 saturated heterocycles. The number of thiazole rings is 1. The number of hydrogen-bond acceptors (Lipinski definition) is 6. The van der Waals surface area contributed by atoms with E-state index in [9.17, 15) is 13.2 Å². The molecule has 0 aromatic carbocycles.